The number of urea groups is 1. The number of fused-ring (bicyclic) bond motifs is 3. The molecule has 2 unspecified atom stereocenters. The molecule has 0 aromatic carbocycles. The molecule has 3 rings (SSSR count). The summed E-state index contributed by atoms with van der Waals surface area (Å²) in [6.45, 7) is 0.844. The van der Waals surface area contributed by atoms with E-state index in [-0.39, 0.29) is 17.4 Å². The summed E-state index contributed by atoms with van der Waals surface area (Å²) >= 11 is 1.69. The van der Waals surface area contributed by atoms with Crippen molar-refractivity contribution in [3.63, 3.8) is 0 Å². The number of rotatable bonds is 0. The minimum atomic E-state index is -0.476. The van der Waals surface area contributed by atoms with E-state index < -0.39 is 6.03 Å². The third-order valence-electron chi connectivity index (χ3n) is 2.47. The second kappa shape index (κ2) is 2.71. The van der Waals surface area contributed by atoms with Crippen molar-refractivity contribution >= 4 is 29.5 Å². The van der Waals surface area contributed by atoms with Crippen LogP contribution in [0.4, 0.5) is 4.79 Å². The standard InChI is InChI=1S/C7H8N4O2S/c12-5-3-4(8-6(13)10-5)9-7-11(3)1-2-14-7/h3,7H,1-2H2,(H2,8,9,10,12,13). The molecule has 3 heterocycles. The summed E-state index contributed by atoms with van der Waals surface area (Å²) in [4.78, 5) is 28.8. The van der Waals surface area contributed by atoms with Gasteiger partial charge < -0.3 is 0 Å². The van der Waals surface area contributed by atoms with E-state index in [0.717, 1.165) is 12.3 Å². The number of thioether (sulfide) groups is 1. The van der Waals surface area contributed by atoms with Crippen LogP contribution in [0, 0.1) is 0 Å². The van der Waals surface area contributed by atoms with Crippen LogP contribution in [0.25, 0.3) is 0 Å². The van der Waals surface area contributed by atoms with Crippen molar-refractivity contribution in [1.29, 1.82) is 0 Å². The lowest BCUT2D eigenvalue weighted by atomic mass is 10.2. The highest BCUT2D eigenvalue weighted by atomic mass is 32.2. The molecule has 0 aromatic heterocycles. The topological polar surface area (TPSA) is 73.8 Å². The summed E-state index contributed by atoms with van der Waals surface area (Å²) in [5.74, 6) is 1.22. The molecule has 7 heteroatoms. The fourth-order valence-corrected chi connectivity index (χ4v) is 3.02. The van der Waals surface area contributed by atoms with E-state index >= 15 is 0 Å². The van der Waals surface area contributed by atoms with Crippen LogP contribution in [0.1, 0.15) is 0 Å². The monoisotopic (exact) mass is 212 g/mol. The van der Waals surface area contributed by atoms with E-state index in [0.29, 0.717) is 5.84 Å². The van der Waals surface area contributed by atoms with Crippen LogP contribution in [0.3, 0.4) is 0 Å². The number of hydrogen-bond donors (Lipinski definition) is 2. The van der Waals surface area contributed by atoms with Gasteiger partial charge in [0.25, 0.3) is 5.91 Å². The minimum Gasteiger partial charge on any atom is -0.294 e. The highest BCUT2D eigenvalue weighted by Gasteiger charge is 2.47. The summed E-state index contributed by atoms with van der Waals surface area (Å²) in [7, 11) is 0. The number of amides is 3. The predicted molar refractivity (Wildman–Crippen MR) is 50.8 cm³/mol. The highest BCUT2D eigenvalue weighted by molar-refractivity contribution is 8.00. The van der Waals surface area contributed by atoms with Gasteiger partial charge in [0, 0.05) is 12.3 Å². The molecule has 0 saturated carbocycles. The van der Waals surface area contributed by atoms with Gasteiger partial charge in [0.1, 0.15) is 5.84 Å². The molecular weight excluding hydrogens is 204 g/mol. The van der Waals surface area contributed by atoms with Gasteiger partial charge in [-0.15, -0.1) is 11.8 Å². The van der Waals surface area contributed by atoms with Gasteiger partial charge in [-0.05, 0) is 0 Å². The fraction of sp³-hybridized carbons (Fsp3) is 0.571. The normalized spacial score (nSPS) is 35.9. The maximum Gasteiger partial charge on any atom is 0.326 e. The van der Waals surface area contributed by atoms with Crippen molar-refractivity contribution in [1.82, 2.24) is 15.5 Å². The van der Waals surface area contributed by atoms with E-state index in [1.54, 1.807) is 11.8 Å². The smallest absolute Gasteiger partial charge is 0.294 e. The van der Waals surface area contributed by atoms with E-state index in [4.69, 9.17) is 0 Å². The van der Waals surface area contributed by atoms with Crippen molar-refractivity contribution in [3.05, 3.63) is 0 Å². The van der Waals surface area contributed by atoms with Crippen LogP contribution in [-0.2, 0) is 4.79 Å². The quantitative estimate of drug-likeness (QED) is 0.536. The Kier molecular flexibility index (Phi) is 1.59. The maximum absolute atomic E-state index is 11.5. The van der Waals surface area contributed by atoms with E-state index in [1.165, 1.54) is 0 Å². The molecule has 3 amide bonds. The first-order chi connectivity index (χ1) is 6.75. The SMILES string of the molecule is O=C1NC(=O)C2C(=NC3SCCN32)N1. The van der Waals surface area contributed by atoms with Crippen LogP contribution in [0.15, 0.2) is 4.99 Å². The highest BCUT2D eigenvalue weighted by Crippen LogP contribution is 2.32. The Labute approximate surface area is 84.1 Å². The van der Waals surface area contributed by atoms with Gasteiger partial charge in [-0.2, -0.15) is 0 Å². The number of carbonyl (C=O) groups is 2. The van der Waals surface area contributed by atoms with E-state index in [1.807, 2.05) is 4.90 Å². The van der Waals surface area contributed by atoms with Gasteiger partial charge in [0.2, 0.25) is 0 Å². The average molecular weight is 212 g/mol. The van der Waals surface area contributed by atoms with Crippen LogP contribution in [0.2, 0.25) is 0 Å². The third-order valence-corrected chi connectivity index (χ3v) is 3.56. The van der Waals surface area contributed by atoms with Crippen molar-refractivity contribution in [2.24, 2.45) is 4.99 Å². The molecule has 2 fully saturated rings. The van der Waals surface area contributed by atoms with Gasteiger partial charge in [-0.25, -0.2) is 9.79 Å². The van der Waals surface area contributed by atoms with Crippen LogP contribution in [0.5, 0.6) is 0 Å². The number of amidine groups is 1. The van der Waals surface area contributed by atoms with Crippen LogP contribution < -0.4 is 10.6 Å². The zero-order chi connectivity index (χ0) is 9.71. The number of aliphatic imine (C=N–C) groups is 1. The number of nitrogens with zero attached hydrogens (tertiary/aromatic N) is 2. The van der Waals surface area contributed by atoms with Crippen molar-refractivity contribution in [2.75, 3.05) is 12.3 Å². The molecule has 0 radical (unpaired) electrons. The molecule has 3 aliphatic rings. The van der Waals surface area contributed by atoms with Crippen molar-refractivity contribution in [3.8, 4) is 0 Å². The summed E-state index contributed by atoms with van der Waals surface area (Å²) in [5, 5.41) is 4.80. The lowest BCUT2D eigenvalue weighted by Crippen LogP contribution is -2.61. The number of carbonyl (C=O) groups excluding carboxylic acids is 2. The second-order valence-electron chi connectivity index (χ2n) is 3.30. The van der Waals surface area contributed by atoms with Gasteiger partial charge >= 0.3 is 6.03 Å². The molecule has 0 bridgehead atoms. The molecule has 0 spiro atoms. The first kappa shape index (κ1) is 8.25. The maximum atomic E-state index is 11.5. The lowest BCUT2D eigenvalue weighted by molar-refractivity contribution is -0.123. The molecule has 2 N–H and O–H groups in total. The largest absolute Gasteiger partial charge is 0.326 e. The van der Waals surface area contributed by atoms with Gasteiger partial charge in [0.05, 0.1) is 0 Å². The minimum absolute atomic E-state index is 0.0131. The van der Waals surface area contributed by atoms with Crippen LogP contribution in [-0.4, -0.2) is 46.5 Å². The molecule has 2 saturated heterocycles. The second-order valence-corrected chi connectivity index (χ2v) is 4.46. The first-order valence-corrected chi connectivity index (χ1v) is 5.37. The average Bonchev–Trinajstić information content (AvgIpc) is 2.60. The first-order valence-electron chi connectivity index (χ1n) is 4.32. The Hall–Kier alpha value is -1.08. The summed E-state index contributed by atoms with van der Waals surface area (Å²) < 4.78 is 0. The molecule has 3 aliphatic heterocycles. The Morgan fingerprint density at radius 1 is 1.43 bits per heavy atom. The van der Waals surface area contributed by atoms with Crippen molar-refractivity contribution < 1.29 is 9.59 Å². The Morgan fingerprint density at radius 3 is 3.14 bits per heavy atom. The van der Waals surface area contributed by atoms with E-state index in [9.17, 15) is 9.59 Å². The number of nitrogens with one attached hydrogen (secondary N) is 2. The molecule has 14 heavy (non-hydrogen) atoms. The molecule has 2 atom stereocenters. The zero-order valence-electron chi connectivity index (χ0n) is 7.19. The predicted octanol–water partition coefficient (Wildman–Crippen LogP) is -1.06. The van der Waals surface area contributed by atoms with Gasteiger partial charge in [0.15, 0.2) is 11.5 Å². The molecule has 0 aliphatic carbocycles. The van der Waals surface area contributed by atoms with Crippen molar-refractivity contribution in [2.45, 2.75) is 11.5 Å². The number of hydrogen-bond acceptors (Lipinski definition) is 5. The summed E-state index contributed by atoms with van der Waals surface area (Å²) in [6.07, 6.45) is 0. The third kappa shape index (κ3) is 0.992. The van der Waals surface area contributed by atoms with E-state index in [2.05, 4.69) is 15.6 Å². The van der Waals surface area contributed by atoms with Crippen LogP contribution >= 0.6 is 11.8 Å². The number of imide groups is 1. The zero-order valence-corrected chi connectivity index (χ0v) is 8.00. The molecule has 0 aromatic rings. The Morgan fingerprint density at radius 2 is 2.29 bits per heavy atom. The summed E-state index contributed by atoms with van der Waals surface area (Å²) in [5.41, 5.74) is 0.0131. The molecule has 6 nitrogen and oxygen atoms in total. The molecular formula is C7H8N4O2S. The van der Waals surface area contributed by atoms with Gasteiger partial charge in [-0.3, -0.25) is 20.3 Å². The lowest BCUT2D eigenvalue weighted by Gasteiger charge is -2.25. The molecule has 74 valence electrons. The Balaban J connectivity index is 1.96. The Bertz CT molecular complexity index is 356. The summed E-state index contributed by atoms with van der Waals surface area (Å²) in [6, 6.07) is -0.858. The fourth-order valence-electron chi connectivity index (χ4n) is 1.89. The van der Waals surface area contributed by atoms with Gasteiger partial charge in [-0.1, -0.05) is 0 Å².